The van der Waals surface area contributed by atoms with Crippen LogP contribution in [0, 0.1) is 5.92 Å². The van der Waals surface area contributed by atoms with Gasteiger partial charge in [-0.2, -0.15) is 0 Å². The zero-order valence-corrected chi connectivity index (χ0v) is 11.6. The molecule has 4 heteroatoms. The van der Waals surface area contributed by atoms with E-state index in [1.165, 1.54) is 12.8 Å². The van der Waals surface area contributed by atoms with Gasteiger partial charge in [-0.25, -0.2) is 0 Å². The Bertz CT molecular complexity index is 444. The van der Waals surface area contributed by atoms with Crippen molar-refractivity contribution < 1.29 is 9.47 Å². The third kappa shape index (κ3) is 2.70. The van der Waals surface area contributed by atoms with Gasteiger partial charge in [-0.1, -0.05) is 24.4 Å². The molecule has 1 aliphatic carbocycles. The molecule has 1 fully saturated rings. The van der Waals surface area contributed by atoms with Crippen molar-refractivity contribution in [3.63, 3.8) is 0 Å². The first kappa shape index (κ1) is 12.4. The van der Waals surface area contributed by atoms with Crippen LogP contribution in [0.25, 0.3) is 0 Å². The molecule has 2 aliphatic rings. The van der Waals surface area contributed by atoms with Crippen LogP contribution < -0.4 is 9.47 Å². The molecule has 98 valence electrons. The maximum absolute atomic E-state index is 6.45. The Morgan fingerprint density at radius 2 is 1.83 bits per heavy atom. The number of hydrogen-bond acceptors (Lipinski definition) is 2. The van der Waals surface area contributed by atoms with Crippen molar-refractivity contribution in [3.8, 4) is 11.5 Å². The first-order valence-electron chi connectivity index (χ1n) is 6.47. The lowest BCUT2D eigenvalue weighted by Crippen LogP contribution is -1.98. The Balaban J connectivity index is 1.86. The molecule has 1 atom stereocenters. The van der Waals surface area contributed by atoms with Gasteiger partial charge in [-0.05, 0) is 24.0 Å². The lowest BCUT2D eigenvalue weighted by molar-refractivity contribution is 0.297. The Labute approximate surface area is 117 Å². The molecule has 1 aromatic rings. The molecular weight excluding hydrogens is 271 g/mol. The van der Waals surface area contributed by atoms with Crippen molar-refractivity contribution in [2.24, 2.45) is 5.92 Å². The fourth-order valence-electron chi connectivity index (χ4n) is 2.21. The van der Waals surface area contributed by atoms with Gasteiger partial charge in [0.15, 0.2) is 11.5 Å². The van der Waals surface area contributed by atoms with Crippen molar-refractivity contribution in [2.75, 3.05) is 13.2 Å². The van der Waals surface area contributed by atoms with Gasteiger partial charge in [0.25, 0.3) is 0 Å². The smallest absolute Gasteiger partial charge is 0.162 e. The number of benzene rings is 1. The highest BCUT2D eigenvalue weighted by Crippen LogP contribution is 2.45. The minimum Gasteiger partial charge on any atom is -0.490 e. The van der Waals surface area contributed by atoms with Gasteiger partial charge in [0.05, 0.1) is 18.6 Å². The molecular formula is C14H16Cl2O2. The maximum atomic E-state index is 6.45. The molecule has 1 unspecified atom stereocenters. The number of alkyl halides is 1. The number of hydrogen-bond donors (Lipinski definition) is 0. The van der Waals surface area contributed by atoms with Gasteiger partial charge >= 0.3 is 0 Å². The van der Waals surface area contributed by atoms with Crippen LogP contribution in [0.1, 0.15) is 36.6 Å². The Kier molecular flexibility index (Phi) is 3.58. The second kappa shape index (κ2) is 5.18. The fraction of sp³-hybridized carbons (Fsp3) is 0.571. The number of rotatable bonds is 3. The van der Waals surface area contributed by atoms with Gasteiger partial charge in [0.1, 0.15) is 0 Å². The van der Waals surface area contributed by atoms with Crippen LogP contribution in [0.4, 0.5) is 0 Å². The van der Waals surface area contributed by atoms with E-state index >= 15 is 0 Å². The lowest BCUT2D eigenvalue weighted by Gasteiger charge is -2.15. The summed E-state index contributed by atoms with van der Waals surface area (Å²) in [5.41, 5.74) is 0.967. The molecule has 1 heterocycles. The second-order valence-corrected chi connectivity index (χ2v) is 5.95. The van der Waals surface area contributed by atoms with E-state index in [0.717, 1.165) is 35.8 Å². The first-order valence-corrected chi connectivity index (χ1v) is 7.28. The van der Waals surface area contributed by atoms with Gasteiger partial charge in [-0.15, -0.1) is 11.6 Å². The topological polar surface area (TPSA) is 18.5 Å². The van der Waals surface area contributed by atoms with Crippen molar-refractivity contribution >= 4 is 23.2 Å². The fourth-order valence-corrected chi connectivity index (χ4v) is 2.99. The summed E-state index contributed by atoms with van der Waals surface area (Å²) in [5.74, 6) is 2.28. The largest absolute Gasteiger partial charge is 0.490 e. The molecule has 3 rings (SSSR count). The Morgan fingerprint density at radius 3 is 2.50 bits per heavy atom. The third-order valence-corrected chi connectivity index (χ3v) is 4.18. The predicted octanol–water partition coefficient (Wildman–Crippen LogP) is 4.58. The molecule has 1 saturated carbocycles. The molecule has 1 aliphatic heterocycles. The van der Waals surface area contributed by atoms with Gasteiger partial charge in [0.2, 0.25) is 0 Å². The summed E-state index contributed by atoms with van der Waals surface area (Å²) in [4.78, 5) is 0. The monoisotopic (exact) mass is 286 g/mol. The maximum Gasteiger partial charge on any atom is 0.162 e. The van der Waals surface area contributed by atoms with E-state index in [2.05, 4.69) is 0 Å². The first-order chi connectivity index (χ1) is 8.74. The van der Waals surface area contributed by atoms with Gasteiger partial charge in [0, 0.05) is 17.5 Å². The lowest BCUT2D eigenvalue weighted by atomic mass is 10.1. The molecule has 0 radical (unpaired) electrons. The molecule has 0 N–H and O–H groups in total. The van der Waals surface area contributed by atoms with Crippen molar-refractivity contribution in [1.82, 2.24) is 0 Å². The van der Waals surface area contributed by atoms with Crippen LogP contribution in [0.5, 0.6) is 11.5 Å². The van der Waals surface area contributed by atoms with Crippen LogP contribution in [-0.4, -0.2) is 13.2 Å². The summed E-state index contributed by atoms with van der Waals surface area (Å²) in [7, 11) is 0. The van der Waals surface area contributed by atoms with Crippen LogP contribution in [0.3, 0.4) is 0 Å². The normalized spacial score (nSPS) is 20.3. The van der Waals surface area contributed by atoms with Crippen LogP contribution in [-0.2, 0) is 0 Å². The highest BCUT2D eigenvalue weighted by atomic mass is 35.5. The third-order valence-electron chi connectivity index (χ3n) is 3.44. The van der Waals surface area contributed by atoms with E-state index in [1.807, 2.05) is 12.1 Å². The van der Waals surface area contributed by atoms with E-state index in [-0.39, 0.29) is 5.38 Å². The highest BCUT2D eigenvalue weighted by Gasteiger charge is 2.27. The van der Waals surface area contributed by atoms with Gasteiger partial charge < -0.3 is 9.47 Å². The Hall–Kier alpha value is -0.600. The predicted molar refractivity (Wildman–Crippen MR) is 73.0 cm³/mol. The van der Waals surface area contributed by atoms with E-state index in [9.17, 15) is 0 Å². The van der Waals surface area contributed by atoms with E-state index in [4.69, 9.17) is 32.7 Å². The minimum absolute atomic E-state index is 0.0258. The summed E-state index contributed by atoms with van der Waals surface area (Å²) in [6, 6.07) is 3.78. The molecule has 0 spiro atoms. The molecule has 0 bridgehead atoms. The summed E-state index contributed by atoms with van der Waals surface area (Å²) in [5, 5.41) is 0.655. The van der Waals surface area contributed by atoms with Crippen molar-refractivity contribution in [2.45, 2.75) is 31.1 Å². The second-order valence-electron chi connectivity index (χ2n) is 5.02. The van der Waals surface area contributed by atoms with Crippen molar-refractivity contribution in [1.29, 1.82) is 0 Å². The van der Waals surface area contributed by atoms with E-state index in [0.29, 0.717) is 18.2 Å². The molecule has 2 nitrogen and oxygen atoms in total. The van der Waals surface area contributed by atoms with Gasteiger partial charge in [-0.3, -0.25) is 0 Å². The van der Waals surface area contributed by atoms with Crippen LogP contribution in [0.2, 0.25) is 5.02 Å². The molecule has 0 saturated heterocycles. The quantitative estimate of drug-likeness (QED) is 0.757. The molecule has 18 heavy (non-hydrogen) atoms. The average molecular weight is 287 g/mol. The summed E-state index contributed by atoms with van der Waals surface area (Å²) in [6.07, 6.45) is 4.49. The standard InChI is InChI=1S/C14H16Cl2O2/c15-11(6-9-2-3-9)10-7-13-14(8-12(10)16)18-5-1-4-17-13/h7-9,11H,1-6H2. The van der Waals surface area contributed by atoms with Crippen molar-refractivity contribution in [3.05, 3.63) is 22.7 Å². The van der Waals surface area contributed by atoms with Crippen LogP contribution in [0.15, 0.2) is 12.1 Å². The average Bonchev–Trinajstić information content (AvgIpc) is 3.14. The summed E-state index contributed by atoms with van der Waals surface area (Å²) >= 11 is 12.7. The summed E-state index contributed by atoms with van der Waals surface area (Å²) in [6.45, 7) is 1.36. The number of fused-ring (bicyclic) bond motifs is 1. The number of ether oxygens (including phenoxy) is 2. The minimum atomic E-state index is -0.0258. The highest BCUT2D eigenvalue weighted by molar-refractivity contribution is 6.33. The van der Waals surface area contributed by atoms with E-state index in [1.54, 1.807) is 0 Å². The molecule has 1 aromatic carbocycles. The zero-order valence-electron chi connectivity index (χ0n) is 10.1. The number of halogens is 2. The Morgan fingerprint density at radius 1 is 1.17 bits per heavy atom. The molecule has 0 amide bonds. The van der Waals surface area contributed by atoms with E-state index < -0.39 is 0 Å². The van der Waals surface area contributed by atoms with Crippen LogP contribution >= 0.6 is 23.2 Å². The molecule has 0 aromatic heterocycles. The SMILES string of the molecule is Clc1cc2c(cc1C(Cl)CC1CC1)OCCCO2. The summed E-state index contributed by atoms with van der Waals surface area (Å²) < 4.78 is 11.3. The zero-order chi connectivity index (χ0) is 12.5.